The Bertz CT molecular complexity index is 526. The Labute approximate surface area is 89.6 Å². The van der Waals surface area contributed by atoms with Gasteiger partial charge in [0.2, 0.25) is 0 Å². The monoisotopic (exact) mass is 226 g/mol. The first-order valence-electron chi connectivity index (χ1n) is 4.37. The molecule has 2 rings (SSSR count). The Kier molecular flexibility index (Phi) is 2.47. The number of hydrogen-bond acceptors (Lipinski definition) is 4. The molecule has 1 aromatic carbocycles. The van der Waals surface area contributed by atoms with Gasteiger partial charge in [-0.25, -0.2) is 8.78 Å². The van der Waals surface area contributed by atoms with Crippen LogP contribution in [0.2, 0.25) is 0 Å². The minimum Gasteiger partial charge on any atom is -0.496 e. The Morgan fingerprint density at radius 1 is 1.31 bits per heavy atom. The molecule has 16 heavy (non-hydrogen) atoms. The van der Waals surface area contributed by atoms with Gasteiger partial charge in [-0.05, 0) is 6.07 Å². The van der Waals surface area contributed by atoms with Gasteiger partial charge in [0.25, 0.3) is 0 Å². The number of hydrogen-bond donors (Lipinski definition) is 1. The number of aromatic nitrogens is 1. The van der Waals surface area contributed by atoms with Crippen molar-refractivity contribution in [2.45, 2.75) is 0 Å². The van der Waals surface area contributed by atoms with Crippen molar-refractivity contribution < 1.29 is 18.0 Å². The Morgan fingerprint density at radius 2 is 2.00 bits per heavy atom. The van der Waals surface area contributed by atoms with Crippen LogP contribution in [0.4, 0.5) is 14.5 Å². The fourth-order valence-electron chi connectivity index (χ4n) is 1.33. The smallest absolute Gasteiger partial charge is 0.193 e. The number of nitrogens with two attached hydrogens (primary N) is 1. The van der Waals surface area contributed by atoms with E-state index in [0.29, 0.717) is 0 Å². The van der Waals surface area contributed by atoms with E-state index in [0.717, 1.165) is 12.1 Å². The number of nitrogens with zero attached hydrogens (tertiary/aromatic N) is 1. The molecule has 0 aliphatic rings. The summed E-state index contributed by atoms with van der Waals surface area (Å²) in [4.78, 5) is 0. The van der Waals surface area contributed by atoms with Crippen LogP contribution in [0.25, 0.3) is 11.3 Å². The second-order valence-corrected chi connectivity index (χ2v) is 3.08. The maximum Gasteiger partial charge on any atom is 0.193 e. The van der Waals surface area contributed by atoms with E-state index in [2.05, 4.69) is 5.16 Å². The van der Waals surface area contributed by atoms with Crippen LogP contribution in [0.3, 0.4) is 0 Å². The highest BCUT2D eigenvalue weighted by Gasteiger charge is 2.17. The van der Waals surface area contributed by atoms with Gasteiger partial charge in [0.15, 0.2) is 17.4 Å². The van der Waals surface area contributed by atoms with Gasteiger partial charge in [0.05, 0.1) is 18.9 Å². The average molecular weight is 226 g/mol. The molecule has 4 nitrogen and oxygen atoms in total. The second kappa shape index (κ2) is 3.80. The first-order valence-corrected chi connectivity index (χ1v) is 4.37. The van der Waals surface area contributed by atoms with Gasteiger partial charge >= 0.3 is 0 Å². The number of ether oxygens (including phenoxy) is 1. The Hall–Kier alpha value is -2.11. The van der Waals surface area contributed by atoms with Crippen molar-refractivity contribution in [2.75, 3.05) is 12.8 Å². The van der Waals surface area contributed by atoms with Crippen molar-refractivity contribution >= 4 is 5.69 Å². The minimum absolute atomic E-state index is 0.127. The van der Waals surface area contributed by atoms with Crippen LogP contribution in [0.1, 0.15) is 0 Å². The van der Waals surface area contributed by atoms with E-state index in [9.17, 15) is 8.78 Å². The number of anilines is 1. The summed E-state index contributed by atoms with van der Waals surface area (Å²) in [5.41, 5.74) is 6.00. The summed E-state index contributed by atoms with van der Waals surface area (Å²) in [6, 6.07) is 1.87. The largest absolute Gasteiger partial charge is 0.496 e. The molecule has 0 aliphatic carbocycles. The lowest BCUT2D eigenvalue weighted by molar-refractivity contribution is 0.399. The third kappa shape index (κ3) is 1.58. The van der Waals surface area contributed by atoms with Crippen LogP contribution in [0.15, 0.2) is 22.9 Å². The maximum absolute atomic E-state index is 13.1. The molecule has 0 radical (unpaired) electrons. The second-order valence-electron chi connectivity index (χ2n) is 3.08. The SMILES string of the molecule is COc1cc(F)c(F)cc1-c1oncc1N. The van der Waals surface area contributed by atoms with Gasteiger partial charge in [-0.3, -0.25) is 0 Å². The zero-order valence-electron chi connectivity index (χ0n) is 8.33. The molecule has 1 heterocycles. The molecule has 0 unspecified atom stereocenters. The predicted molar refractivity (Wildman–Crippen MR) is 52.8 cm³/mol. The summed E-state index contributed by atoms with van der Waals surface area (Å²) in [5, 5.41) is 3.45. The molecule has 0 atom stereocenters. The highest BCUT2D eigenvalue weighted by molar-refractivity contribution is 5.75. The van der Waals surface area contributed by atoms with Gasteiger partial charge in [0, 0.05) is 6.07 Å². The molecule has 0 bridgehead atoms. The van der Waals surface area contributed by atoms with Gasteiger partial charge in [-0.2, -0.15) is 0 Å². The maximum atomic E-state index is 13.1. The normalized spacial score (nSPS) is 10.4. The number of nitrogen functional groups attached to an aromatic ring is 1. The zero-order chi connectivity index (χ0) is 11.7. The van der Waals surface area contributed by atoms with Crippen molar-refractivity contribution in [2.24, 2.45) is 0 Å². The summed E-state index contributed by atoms with van der Waals surface area (Å²) in [6.07, 6.45) is 1.27. The van der Waals surface area contributed by atoms with Crippen LogP contribution >= 0.6 is 0 Å². The topological polar surface area (TPSA) is 61.3 Å². The van der Waals surface area contributed by atoms with Crippen LogP contribution in [-0.2, 0) is 0 Å². The lowest BCUT2D eigenvalue weighted by Gasteiger charge is -2.06. The third-order valence-corrected chi connectivity index (χ3v) is 2.09. The zero-order valence-corrected chi connectivity index (χ0v) is 8.33. The fraction of sp³-hybridized carbons (Fsp3) is 0.100. The standard InChI is InChI=1S/C10H8F2N2O2/c1-15-9-3-7(12)6(11)2-5(9)10-8(13)4-14-16-10/h2-4H,13H2,1H3. The van der Waals surface area contributed by atoms with Gasteiger partial charge in [-0.15, -0.1) is 0 Å². The minimum atomic E-state index is -1.01. The average Bonchev–Trinajstić information content (AvgIpc) is 2.68. The number of halogens is 2. The molecule has 2 aromatic rings. The van der Waals surface area contributed by atoms with Gasteiger partial charge in [0.1, 0.15) is 11.4 Å². The first kappa shape index (κ1) is 10.4. The molecule has 0 saturated heterocycles. The summed E-state index contributed by atoms with van der Waals surface area (Å²) >= 11 is 0. The third-order valence-electron chi connectivity index (χ3n) is 2.09. The number of rotatable bonds is 2. The first-order chi connectivity index (χ1) is 7.63. The van der Waals surface area contributed by atoms with E-state index >= 15 is 0 Å². The van der Waals surface area contributed by atoms with E-state index in [1.165, 1.54) is 13.3 Å². The van der Waals surface area contributed by atoms with Crippen LogP contribution < -0.4 is 10.5 Å². The van der Waals surface area contributed by atoms with E-state index in [1.807, 2.05) is 0 Å². The molecule has 2 N–H and O–H groups in total. The summed E-state index contributed by atoms with van der Waals surface area (Å²) in [7, 11) is 1.34. The van der Waals surface area contributed by atoms with Crippen molar-refractivity contribution in [3.63, 3.8) is 0 Å². The Balaban J connectivity index is 2.64. The van der Waals surface area contributed by atoms with Crippen LogP contribution in [0.5, 0.6) is 5.75 Å². The van der Waals surface area contributed by atoms with E-state index < -0.39 is 11.6 Å². The highest BCUT2D eigenvalue weighted by Crippen LogP contribution is 2.34. The molecule has 0 amide bonds. The highest BCUT2D eigenvalue weighted by atomic mass is 19.2. The summed E-state index contributed by atoms with van der Waals surface area (Å²) in [5.74, 6) is -1.73. The number of methoxy groups -OCH3 is 1. The molecule has 0 fully saturated rings. The van der Waals surface area contributed by atoms with Crippen LogP contribution in [-0.4, -0.2) is 12.3 Å². The van der Waals surface area contributed by atoms with Crippen molar-refractivity contribution in [3.8, 4) is 17.1 Å². The van der Waals surface area contributed by atoms with Gasteiger partial charge in [-0.1, -0.05) is 5.16 Å². The van der Waals surface area contributed by atoms with E-state index in [1.54, 1.807) is 0 Å². The molecule has 0 saturated carbocycles. The lowest BCUT2D eigenvalue weighted by Crippen LogP contribution is -1.94. The lowest BCUT2D eigenvalue weighted by atomic mass is 10.1. The quantitative estimate of drug-likeness (QED) is 0.852. The molecule has 84 valence electrons. The number of benzene rings is 1. The predicted octanol–water partition coefficient (Wildman–Crippen LogP) is 2.21. The van der Waals surface area contributed by atoms with Crippen molar-refractivity contribution in [1.82, 2.24) is 5.16 Å². The van der Waals surface area contributed by atoms with Crippen molar-refractivity contribution in [1.29, 1.82) is 0 Å². The van der Waals surface area contributed by atoms with E-state index in [-0.39, 0.29) is 22.8 Å². The van der Waals surface area contributed by atoms with Gasteiger partial charge < -0.3 is 15.0 Å². The van der Waals surface area contributed by atoms with Crippen molar-refractivity contribution in [3.05, 3.63) is 30.0 Å². The molecule has 0 spiro atoms. The Morgan fingerprint density at radius 3 is 2.56 bits per heavy atom. The summed E-state index contributed by atoms with van der Waals surface area (Å²) in [6.45, 7) is 0. The molecular weight excluding hydrogens is 218 g/mol. The van der Waals surface area contributed by atoms with E-state index in [4.69, 9.17) is 15.0 Å². The molecular formula is C10H8F2N2O2. The summed E-state index contributed by atoms with van der Waals surface area (Å²) < 4.78 is 35.8. The molecule has 1 aromatic heterocycles. The van der Waals surface area contributed by atoms with Crippen LogP contribution in [0, 0.1) is 11.6 Å². The molecule has 6 heteroatoms. The molecule has 0 aliphatic heterocycles. The fourth-order valence-corrected chi connectivity index (χ4v) is 1.33.